The van der Waals surface area contributed by atoms with Crippen LogP contribution in [0.2, 0.25) is 0 Å². The molecule has 0 saturated heterocycles. The summed E-state index contributed by atoms with van der Waals surface area (Å²) in [7, 11) is 0. The van der Waals surface area contributed by atoms with Crippen LogP contribution < -0.4 is 0 Å². The quantitative estimate of drug-likeness (QED) is 0.519. The van der Waals surface area contributed by atoms with Gasteiger partial charge in [0.15, 0.2) is 5.78 Å². The molecule has 1 unspecified atom stereocenters. The van der Waals surface area contributed by atoms with Crippen molar-refractivity contribution in [3.05, 3.63) is 11.1 Å². The first-order valence-electron chi connectivity index (χ1n) is 5.19. The van der Waals surface area contributed by atoms with Crippen LogP contribution in [0, 0.1) is 0 Å². The molecule has 0 spiro atoms. The molecule has 0 aromatic heterocycles. The van der Waals surface area contributed by atoms with Gasteiger partial charge in [-0.1, -0.05) is 5.57 Å². The number of esters is 1. The first-order valence-corrected chi connectivity index (χ1v) is 5.19. The summed E-state index contributed by atoms with van der Waals surface area (Å²) < 4.78 is 4.99. The van der Waals surface area contributed by atoms with Crippen molar-refractivity contribution < 1.29 is 14.3 Å². The Bertz CT molecular complexity index is 273. The molecule has 0 aliphatic heterocycles. The monoisotopic (exact) mass is 212 g/mol. The summed E-state index contributed by atoms with van der Waals surface area (Å²) in [6, 6.07) is 0. The summed E-state index contributed by atoms with van der Waals surface area (Å²) in [5, 5.41) is 0. The Hall–Kier alpha value is -1.12. The van der Waals surface area contributed by atoms with Crippen molar-refractivity contribution >= 4 is 11.8 Å². The summed E-state index contributed by atoms with van der Waals surface area (Å²) in [4.78, 5) is 21.9. The van der Waals surface area contributed by atoms with E-state index in [1.807, 2.05) is 20.8 Å². The number of hydrogen-bond donors (Lipinski definition) is 0. The van der Waals surface area contributed by atoms with E-state index < -0.39 is 0 Å². The third kappa shape index (κ3) is 6.05. The Balaban J connectivity index is 4.19. The van der Waals surface area contributed by atoms with Crippen LogP contribution in [0.3, 0.4) is 0 Å². The predicted octanol–water partition coefficient (Wildman–Crippen LogP) is 2.64. The number of allylic oxidation sites excluding steroid dienone is 2. The zero-order valence-corrected chi connectivity index (χ0v) is 10.2. The topological polar surface area (TPSA) is 43.4 Å². The van der Waals surface area contributed by atoms with Crippen molar-refractivity contribution in [3.8, 4) is 0 Å². The molecule has 0 fully saturated rings. The normalized spacial score (nSPS) is 11.8. The molecule has 15 heavy (non-hydrogen) atoms. The molecular formula is C12H20O3. The minimum atomic E-state index is -0.274. The third-order valence-electron chi connectivity index (χ3n) is 2.20. The van der Waals surface area contributed by atoms with E-state index in [-0.39, 0.29) is 17.9 Å². The molecule has 3 nitrogen and oxygen atoms in total. The standard InChI is InChI=1S/C12H20O3/c1-8(2)12(10(4)13)7-6-9(3)15-11(5)14/h9H,6-7H2,1-5H3. The fraction of sp³-hybridized carbons (Fsp3) is 0.667. The van der Waals surface area contributed by atoms with E-state index in [0.717, 1.165) is 11.1 Å². The average Bonchev–Trinajstić information content (AvgIpc) is 2.00. The van der Waals surface area contributed by atoms with Crippen molar-refractivity contribution in [2.24, 2.45) is 0 Å². The first kappa shape index (κ1) is 13.9. The van der Waals surface area contributed by atoms with Gasteiger partial charge in [-0.15, -0.1) is 0 Å². The molecule has 0 heterocycles. The van der Waals surface area contributed by atoms with Gasteiger partial charge in [0.1, 0.15) is 0 Å². The second-order valence-corrected chi connectivity index (χ2v) is 3.99. The number of ketones is 1. The van der Waals surface area contributed by atoms with Gasteiger partial charge >= 0.3 is 5.97 Å². The van der Waals surface area contributed by atoms with Crippen molar-refractivity contribution in [2.75, 3.05) is 0 Å². The molecule has 0 saturated carbocycles. The summed E-state index contributed by atoms with van der Waals surface area (Å²) in [5.41, 5.74) is 1.88. The van der Waals surface area contributed by atoms with E-state index in [1.165, 1.54) is 6.92 Å². The molecule has 0 aliphatic carbocycles. The highest BCUT2D eigenvalue weighted by atomic mass is 16.5. The summed E-state index contributed by atoms with van der Waals surface area (Å²) >= 11 is 0. The fourth-order valence-corrected chi connectivity index (χ4v) is 1.47. The first-order chi connectivity index (χ1) is 6.84. The van der Waals surface area contributed by atoms with Gasteiger partial charge in [0.2, 0.25) is 0 Å². The highest BCUT2D eigenvalue weighted by molar-refractivity contribution is 5.93. The molecule has 0 N–H and O–H groups in total. The van der Waals surface area contributed by atoms with Crippen LogP contribution in [0.25, 0.3) is 0 Å². The van der Waals surface area contributed by atoms with E-state index in [1.54, 1.807) is 6.92 Å². The number of hydrogen-bond acceptors (Lipinski definition) is 3. The van der Waals surface area contributed by atoms with Crippen molar-refractivity contribution in [2.45, 2.75) is 53.6 Å². The summed E-state index contributed by atoms with van der Waals surface area (Å²) in [6.45, 7) is 8.65. The SMILES string of the molecule is CC(=O)OC(C)CCC(C(C)=O)=C(C)C. The molecule has 0 aliphatic rings. The summed E-state index contributed by atoms with van der Waals surface area (Å²) in [5.74, 6) is -0.172. The van der Waals surface area contributed by atoms with E-state index in [2.05, 4.69) is 0 Å². The Morgan fingerprint density at radius 3 is 2.00 bits per heavy atom. The second-order valence-electron chi connectivity index (χ2n) is 3.99. The maximum atomic E-state index is 11.3. The molecule has 0 amide bonds. The third-order valence-corrected chi connectivity index (χ3v) is 2.20. The predicted molar refractivity (Wildman–Crippen MR) is 59.5 cm³/mol. The van der Waals surface area contributed by atoms with Gasteiger partial charge in [-0.25, -0.2) is 0 Å². The van der Waals surface area contributed by atoms with Crippen LogP contribution in [-0.2, 0) is 14.3 Å². The van der Waals surface area contributed by atoms with E-state index in [0.29, 0.717) is 12.8 Å². The lowest BCUT2D eigenvalue weighted by molar-refractivity contribution is -0.145. The van der Waals surface area contributed by atoms with Gasteiger partial charge in [-0.3, -0.25) is 9.59 Å². The highest BCUT2D eigenvalue weighted by Gasteiger charge is 2.10. The van der Waals surface area contributed by atoms with Crippen LogP contribution in [-0.4, -0.2) is 17.9 Å². The molecule has 0 radical (unpaired) electrons. The second kappa shape index (κ2) is 6.38. The number of Topliss-reactive ketones (excluding diaryl/α,β-unsaturated/α-hetero) is 1. The molecule has 0 aromatic rings. The van der Waals surface area contributed by atoms with E-state index >= 15 is 0 Å². The van der Waals surface area contributed by atoms with Gasteiger partial charge in [-0.05, 0) is 46.1 Å². The lowest BCUT2D eigenvalue weighted by Crippen LogP contribution is -2.13. The van der Waals surface area contributed by atoms with Gasteiger partial charge in [0.05, 0.1) is 6.10 Å². The number of rotatable bonds is 5. The van der Waals surface area contributed by atoms with Crippen LogP contribution in [0.15, 0.2) is 11.1 Å². The highest BCUT2D eigenvalue weighted by Crippen LogP contribution is 2.14. The van der Waals surface area contributed by atoms with Crippen LogP contribution >= 0.6 is 0 Å². The molecule has 0 rings (SSSR count). The van der Waals surface area contributed by atoms with Crippen LogP contribution in [0.5, 0.6) is 0 Å². The van der Waals surface area contributed by atoms with Gasteiger partial charge in [0.25, 0.3) is 0 Å². The van der Waals surface area contributed by atoms with Crippen LogP contribution in [0.1, 0.15) is 47.5 Å². The minimum Gasteiger partial charge on any atom is -0.463 e. The number of carbonyl (C=O) groups is 2. The minimum absolute atomic E-state index is 0.102. The van der Waals surface area contributed by atoms with Gasteiger partial charge in [-0.2, -0.15) is 0 Å². The maximum absolute atomic E-state index is 11.3. The summed E-state index contributed by atoms with van der Waals surface area (Å²) in [6.07, 6.45) is 1.24. The van der Waals surface area contributed by atoms with Crippen molar-refractivity contribution in [3.63, 3.8) is 0 Å². The molecule has 3 heteroatoms. The fourth-order valence-electron chi connectivity index (χ4n) is 1.47. The average molecular weight is 212 g/mol. The zero-order valence-electron chi connectivity index (χ0n) is 10.2. The largest absolute Gasteiger partial charge is 0.463 e. The van der Waals surface area contributed by atoms with Gasteiger partial charge in [0, 0.05) is 6.92 Å². The zero-order chi connectivity index (χ0) is 12.0. The Morgan fingerprint density at radius 2 is 1.67 bits per heavy atom. The molecule has 86 valence electrons. The molecule has 1 atom stereocenters. The molecule has 0 bridgehead atoms. The molecule has 0 aromatic carbocycles. The lowest BCUT2D eigenvalue weighted by atomic mass is 10.0. The molecular weight excluding hydrogens is 192 g/mol. The Morgan fingerprint density at radius 1 is 1.13 bits per heavy atom. The Kier molecular flexibility index (Phi) is 5.90. The van der Waals surface area contributed by atoms with Crippen molar-refractivity contribution in [1.29, 1.82) is 0 Å². The van der Waals surface area contributed by atoms with Gasteiger partial charge < -0.3 is 4.74 Å². The van der Waals surface area contributed by atoms with E-state index in [4.69, 9.17) is 4.74 Å². The Labute approximate surface area is 91.5 Å². The lowest BCUT2D eigenvalue weighted by Gasteiger charge is -2.13. The number of ether oxygens (including phenoxy) is 1. The smallest absolute Gasteiger partial charge is 0.302 e. The van der Waals surface area contributed by atoms with Crippen molar-refractivity contribution in [1.82, 2.24) is 0 Å². The van der Waals surface area contributed by atoms with Crippen LogP contribution in [0.4, 0.5) is 0 Å². The van der Waals surface area contributed by atoms with E-state index in [9.17, 15) is 9.59 Å². The maximum Gasteiger partial charge on any atom is 0.302 e. The number of carbonyl (C=O) groups excluding carboxylic acids is 2.